The van der Waals surface area contributed by atoms with Gasteiger partial charge in [0.15, 0.2) is 6.10 Å². The van der Waals surface area contributed by atoms with Crippen LogP contribution in [0.25, 0.3) is 0 Å². The summed E-state index contributed by atoms with van der Waals surface area (Å²) in [6.07, 6.45) is 72.3. The second-order valence-electron chi connectivity index (χ2n) is 24.0. The Labute approximate surface area is 553 Å². The van der Waals surface area contributed by atoms with Crippen molar-refractivity contribution in [1.82, 2.24) is 0 Å². The number of ether oxygens (including phenoxy) is 3. The SMILES string of the molecule is CC/C=C\C/C=C\C/C=C\C/C=C\C/C=C\C/C=C\CCCCCCCCCCCCCCC(=O)OCC(O)COP(=O)(O)OCC(O)COP(=O)(O)OCC(COC(=O)CCCCCCCCCCCCCCC)OC(=O)CCCCCCC/C=C\CCCC. The molecule has 0 aliphatic rings. The molecule has 5 atom stereocenters. The van der Waals surface area contributed by atoms with Gasteiger partial charge in [-0.1, -0.05) is 279 Å². The highest BCUT2D eigenvalue weighted by atomic mass is 31.2. The third kappa shape index (κ3) is 67.9. The number of aliphatic hydroxyl groups is 2. The van der Waals surface area contributed by atoms with Gasteiger partial charge in [0.1, 0.15) is 25.4 Å². The lowest BCUT2D eigenvalue weighted by atomic mass is 10.0. The minimum absolute atomic E-state index is 0.0981. The zero-order valence-electron chi connectivity index (χ0n) is 57.3. The maximum absolute atomic E-state index is 12.8. The average Bonchev–Trinajstić information content (AvgIpc) is 3.61. The molecule has 0 aromatic carbocycles. The first-order valence-corrected chi connectivity index (χ1v) is 38.9. The van der Waals surface area contributed by atoms with Crippen LogP contribution in [-0.4, -0.2) is 95.9 Å². The van der Waals surface area contributed by atoms with Crippen molar-refractivity contribution in [1.29, 1.82) is 0 Å². The molecule has 91 heavy (non-hydrogen) atoms. The van der Waals surface area contributed by atoms with Gasteiger partial charge in [-0.25, -0.2) is 9.13 Å². The number of esters is 3. The van der Waals surface area contributed by atoms with E-state index < -0.39 is 91.5 Å². The molecule has 0 aliphatic carbocycles. The van der Waals surface area contributed by atoms with Gasteiger partial charge in [-0.2, -0.15) is 0 Å². The molecule has 4 N–H and O–H groups in total. The minimum Gasteiger partial charge on any atom is -0.463 e. The summed E-state index contributed by atoms with van der Waals surface area (Å²) in [4.78, 5) is 58.2. The van der Waals surface area contributed by atoms with Gasteiger partial charge in [0, 0.05) is 19.3 Å². The Bertz CT molecular complexity index is 2000. The highest BCUT2D eigenvalue weighted by molar-refractivity contribution is 7.47. The second kappa shape index (κ2) is 66.7. The van der Waals surface area contributed by atoms with Gasteiger partial charge in [-0.3, -0.25) is 32.5 Å². The molecular weight excluding hydrogens is 1190 g/mol. The van der Waals surface area contributed by atoms with Gasteiger partial charge in [-0.15, -0.1) is 0 Å². The topological polar surface area (TPSA) is 231 Å². The van der Waals surface area contributed by atoms with Crippen LogP contribution in [0.1, 0.15) is 303 Å². The van der Waals surface area contributed by atoms with Gasteiger partial charge in [0.25, 0.3) is 0 Å². The molecule has 0 radical (unpaired) electrons. The molecule has 0 aromatic heterocycles. The van der Waals surface area contributed by atoms with Crippen molar-refractivity contribution in [2.45, 2.75) is 322 Å². The summed E-state index contributed by atoms with van der Waals surface area (Å²) in [5, 5.41) is 20.5. The first kappa shape index (κ1) is 87.7. The molecule has 0 aliphatic heterocycles. The van der Waals surface area contributed by atoms with Crippen LogP contribution in [0.4, 0.5) is 0 Å². The van der Waals surface area contributed by atoms with Crippen LogP contribution in [0.2, 0.25) is 0 Å². The number of allylic oxidation sites excluding steroid dienone is 14. The molecule has 0 heterocycles. The summed E-state index contributed by atoms with van der Waals surface area (Å²) < 4.78 is 60.8. The van der Waals surface area contributed by atoms with E-state index in [1.165, 1.54) is 122 Å². The van der Waals surface area contributed by atoms with Gasteiger partial charge in [0.05, 0.1) is 26.4 Å². The molecule has 5 unspecified atom stereocenters. The third-order valence-corrected chi connectivity index (χ3v) is 17.0. The van der Waals surface area contributed by atoms with E-state index in [0.29, 0.717) is 19.3 Å². The Balaban J connectivity index is 4.35. The van der Waals surface area contributed by atoms with Crippen molar-refractivity contribution < 1.29 is 75.8 Å². The van der Waals surface area contributed by atoms with Gasteiger partial charge < -0.3 is 34.2 Å². The predicted octanol–water partition coefficient (Wildman–Crippen LogP) is 20.1. The van der Waals surface area contributed by atoms with Crippen LogP contribution < -0.4 is 0 Å². The van der Waals surface area contributed by atoms with E-state index in [-0.39, 0.29) is 19.3 Å². The number of unbranched alkanes of at least 4 members (excludes halogenated alkanes) is 31. The zero-order chi connectivity index (χ0) is 66.7. The standard InChI is InChI=1S/C73H130O16P2/c1-4-7-10-13-16-19-22-24-25-26-27-28-29-30-31-32-33-34-35-36-37-38-39-40-41-43-46-47-50-53-56-59-71(76)83-62-68(74)63-85-90(79,80)86-64-69(75)65-87-91(81,82)88-67-70(89-73(78)61-58-55-52-49-44-21-18-15-12-9-6-3)66-84-72(77)60-57-54-51-48-45-42-23-20-17-14-11-8-5-2/h7,10,15-16,18-19,24-25,27-28,30-31,33-34,68-70,74-75H,4-6,8-9,11-14,17,20-23,26,29,32,35-67H2,1-3H3,(H,79,80)(H,81,82)/b10-7-,18-15-,19-16-,25-24-,28-27-,31-30-,34-33-. The van der Waals surface area contributed by atoms with E-state index in [4.69, 9.17) is 32.3 Å². The van der Waals surface area contributed by atoms with Crippen molar-refractivity contribution in [3.05, 3.63) is 85.1 Å². The summed E-state index contributed by atoms with van der Waals surface area (Å²) in [6, 6.07) is 0. The highest BCUT2D eigenvalue weighted by Gasteiger charge is 2.29. The molecule has 0 amide bonds. The van der Waals surface area contributed by atoms with Gasteiger partial charge >= 0.3 is 33.6 Å². The Morgan fingerprint density at radius 3 is 0.967 bits per heavy atom. The maximum atomic E-state index is 12.8. The number of hydrogen-bond acceptors (Lipinski definition) is 14. The van der Waals surface area contributed by atoms with Crippen molar-refractivity contribution >= 4 is 33.6 Å². The summed E-state index contributed by atoms with van der Waals surface area (Å²) >= 11 is 0. The Hall–Kier alpha value is -3.27. The molecule has 528 valence electrons. The molecule has 16 nitrogen and oxygen atoms in total. The van der Waals surface area contributed by atoms with Crippen molar-refractivity contribution in [3.63, 3.8) is 0 Å². The first-order chi connectivity index (χ1) is 44.2. The molecule has 0 saturated carbocycles. The lowest BCUT2D eigenvalue weighted by Crippen LogP contribution is -2.30. The zero-order valence-corrected chi connectivity index (χ0v) is 59.0. The van der Waals surface area contributed by atoms with Crippen molar-refractivity contribution in [3.8, 4) is 0 Å². The number of phosphoric acid groups is 2. The number of carbonyl (C=O) groups excluding carboxylic acids is 3. The largest absolute Gasteiger partial charge is 0.472 e. The lowest BCUT2D eigenvalue weighted by molar-refractivity contribution is -0.161. The summed E-state index contributed by atoms with van der Waals surface area (Å²) in [5.41, 5.74) is 0. The van der Waals surface area contributed by atoms with Crippen LogP contribution in [0.5, 0.6) is 0 Å². The monoisotopic (exact) mass is 1320 g/mol. The molecule has 0 rings (SSSR count). The van der Waals surface area contributed by atoms with Gasteiger partial charge in [0.2, 0.25) is 0 Å². The maximum Gasteiger partial charge on any atom is 0.472 e. The fourth-order valence-electron chi connectivity index (χ4n) is 9.61. The predicted molar refractivity (Wildman–Crippen MR) is 371 cm³/mol. The number of carbonyl (C=O) groups is 3. The van der Waals surface area contributed by atoms with Crippen LogP contribution in [0, 0.1) is 0 Å². The quantitative estimate of drug-likeness (QED) is 0.0146. The number of rotatable bonds is 68. The van der Waals surface area contributed by atoms with Crippen LogP contribution in [0.3, 0.4) is 0 Å². The van der Waals surface area contributed by atoms with Crippen molar-refractivity contribution in [2.24, 2.45) is 0 Å². The fourth-order valence-corrected chi connectivity index (χ4v) is 11.2. The van der Waals surface area contributed by atoms with Crippen LogP contribution in [-0.2, 0) is 55.8 Å². The summed E-state index contributed by atoms with van der Waals surface area (Å²) in [5.74, 6) is -1.58. The number of aliphatic hydroxyl groups excluding tert-OH is 2. The summed E-state index contributed by atoms with van der Waals surface area (Å²) in [6.45, 7) is 2.52. The molecular formula is C73H130O16P2. The number of hydrogen-bond donors (Lipinski definition) is 4. The van der Waals surface area contributed by atoms with E-state index in [2.05, 4.69) is 106 Å². The fraction of sp³-hybridized carbons (Fsp3) is 0.767. The first-order valence-electron chi connectivity index (χ1n) is 35.9. The molecule has 18 heteroatoms. The van der Waals surface area contributed by atoms with Crippen molar-refractivity contribution in [2.75, 3.05) is 39.6 Å². The summed E-state index contributed by atoms with van der Waals surface area (Å²) in [7, 11) is -9.76. The number of phosphoric ester groups is 2. The molecule has 0 aromatic rings. The Morgan fingerprint density at radius 2 is 0.593 bits per heavy atom. The molecule has 0 saturated heterocycles. The Morgan fingerprint density at radius 1 is 0.319 bits per heavy atom. The van der Waals surface area contributed by atoms with E-state index in [1.54, 1.807) is 0 Å². The normalized spacial score (nSPS) is 14.7. The highest BCUT2D eigenvalue weighted by Crippen LogP contribution is 2.45. The third-order valence-electron chi connectivity index (χ3n) is 15.1. The minimum atomic E-state index is -4.91. The van der Waals surface area contributed by atoms with E-state index in [1.807, 2.05) is 0 Å². The van der Waals surface area contributed by atoms with E-state index in [9.17, 15) is 43.5 Å². The average molecular weight is 1330 g/mol. The smallest absolute Gasteiger partial charge is 0.463 e. The molecule has 0 fully saturated rings. The van der Waals surface area contributed by atoms with Crippen LogP contribution in [0.15, 0.2) is 85.1 Å². The van der Waals surface area contributed by atoms with E-state index in [0.717, 1.165) is 122 Å². The lowest BCUT2D eigenvalue weighted by Gasteiger charge is -2.21. The second-order valence-corrected chi connectivity index (χ2v) is 26.9. The van der Waals surface area contributed by atoms with Crippen LogP contribution >= 0.6 is 15.6 Å². The Kier molecular flexibility index (Phi) is 64.3. The molecule has 0 bridgehead atoms. The molecule has 0 spiro atoms. The van der Waals surface area contributed by atoms with E-state index >= 15 is 0 Å². The van der Waals surface area contributed by atoms with Gasteiger partial charge in [-0.05, 0) is 89.9 Å².